The van der Waals surface area contributed by atoms with E-state index in [4.69, 9.17) is 0 Å². The lowest BCUT2D eigenvalue weighted by atomic mass is 10.1. The number of hydrogen-bond acceptors (Lipinski definition) is 4. The van der Waals surface area contributed by atoms with Gasteiger partial charge in [-0.1, -0.05) is 24.3 Å². The van der Waals surface area contributed by atoms with E-state index >= 15 is 0 Å². The maximum absolute atomic E-state index is 12.6. The fourth-order valence-electron chi connectivity index (χ4n) is 3.82. The Morgan fingerprint density at radius 1 is 1.00 bits per heavy atom. The molecule has 1 aliphatic rings. The first kappa shape index (κ1) is 22.3. The number of anilines is 1. The Labute approximate surface area is 179 Å². The highest BCUT2D eigenvalue weighted by atomic mass is 32.2. The van der Waals surface area contributed by atoms with Crippen molar-refractivity contribution in [2.24, 2.45) is 0 Å². The van der Waals surface area contributed by atoms with E-state index in [1.54, 1.807) is 38.1 Å². The Morgan fingerprint density at radius 3 is 2.23 bits per heavy atom. The van der Waals surface area contributed by atoms with E-state index < -0.39 is 10.0 Å². The third-order valence-corrected chi connectivity index (χ3v) is 7.43. The number of rotatable bonds is 9. The topological polar surface area (TPSA) is 69.7 Å². The summed E-state index contributed by atoms with van der Waals surface area (Å²) in [5.41, 5.74) is 3.46. The first-order chi connectivity index (χ1) is 14.4. The van der Waals surface area contributed by atoms with Crippen molar-refractivity contribution in [1.82, 2.24) is 10.2 Å². The second-order valence-electron chi connectivity index (χ2n) is 7.55. The van der Waals surface area contributed by atoms with Crippen molar-refractivity contribution in [2.75, 3.05) is 29.7 Å². The molecular weight excluding hydrogens is 398 g/mol. The van der Waals surface area contributed by atoms with Crippen LogP contribution >= 0.6 is 0 Å². The van der Waals surface area contributed by atoms with E-state index in [9.17, 15) is 13.2 Å². The number of carbonyl (C=O) groups is 1. The van der Waals surface area contributed by atoms with Crippen molar-refractivity contribution >= 4 is 21.6 Å². The summed E-state index contributed by atoms with van der Waals surface area (Å²) >= 11 is 0. The molecule has 1 amide bonds. The predicted octanol–water partition coefficient (Wildman–Crippen LogP) is 3.39. The number of amides is 1. The van der Waals surface area contributed by atoms with Crippen LogP contribution in [0.25, 0.3) is 0 Å². The van der Waals surface area contributed by atoms with E-state index in [2.05, 4.69) is 22.3 Å². The molecule has 1 fully saturated rings. The minimum Gasteiger partial charge on any atom is -0.348 e. The van der Waals surface area contributed by atoms with Crippen molar-refractivity contribution in [3.63, 3.8) is 0 Å². The lowest BCUT2D eigenvalue weighted by Crippen LogP contribution is -2.32. The second kappa shape index (κ2) is 10.1. The number of benzene rings is 2. The SMILES string of the molecule is CCN(c1ccc(C(=O)NCc2ccccc2CN2CCCC2)cc1)S(=O)(=O)CC. The molecule has 0 bridgehead atoms. The number of nitrogens with one attached hydrogen (secondary N) is 1. The van der Waals surface area contributed by atoms with Gasteiger partial charge in [0, 0.05) is 25.2 Å². The van der Waals surface area contributed by atoms with E-state index in [0.717, 1.165) is 25.2 Å². The average Bonchev–Trinajstić information content (AvgIpc) is 3.27. The third-order valence-electron chi connectivity index (χ3n) is 5.56. The van der Waals surface area contributed by atoms with Crippen LogP contribution < -0.4 is 9.62 Å². The first-order valence-electron chi connectivity index (χ1n) is 10.6. The summed E-state index contributed by atoms with van der Waals surface area (Å²) < 4.78 is 25.8. The quantitative estimate of drug-likeness (QED) is 0.663. The smallest absolute Gasteiger partial charge is 0.251 e. The molecule has 0 aliphatic carbocycles. The van der Waals surface area contributed by atoms with Crippen LogP contribution in [0, 0.1) is 0 Å². The van der Waals surface area contributed by atoms with Crippen LogP contribution in [0.15, 0.2) is 48.5 Å². The van der Waals surface area contributed by atoms with Gasteiger partial charge in [0.15, 0.2) is 0 Å². The van der Waals surface area contributed by atoms with E-state index in [1.807, 2.05) is 12.1 Å². The van der Waals surface area contributed by atoms with Crippen molar-refractivity contribution in [1.29, 1.82) is 0 Å². The average molecular weight is 430 g/mol. The zero-order valence-electron chi connectivity index (χ0n) is 17.8. The minimum absolute atomic E-state index is 0.0416. The van der Waals surface area contributed by atoms with Crippen LogP contribution in [0.2, 0.25) is 0 Å². The zero-order valence-corrected chi connectivity index (χ0v) is 18.6. The van der Waals surface area contributed by atoms with Gasteiger partial charge in [0.05, 0.1) is 11.4 Å². The van der Waals surface area contributed by atoms with Crippen LogP contribution in [0.3, 0.4) is 0 Å². The molecule has 30 heavy (non-hydrogen) atoms. The lowest BCUT2D eigenvalue weighted by Gasteiger charge is -2.22. The van der Waals surface area contributed by atoms with Gasteiger partial charge in [-0.05, 0) is 75.2 Å². The number of carbonyl (C=O) groups excluding carboxylic acids is 1. The normalized spacial score (nSPS) is 14.6. The van der Waals surface area contributed by atoms with Crippen molar-refractivity contribution in [3.8, 4) is 0 Å². The molecule has 162 valence electrons. The maximum atomic E-state index is 12.6. The molecule has 1 saturated heterocycles. The summed E-state index contributed by atoms with van der Waals surface area (Å²) in [4.78, 5) is 15.1. The maximum Gasteiger partial charge on any atom is 0.251 e. The van der Waals surface area contributed by atoms with Gasteiger partial charge in [-0.15, -0.1) is 0 Å². The van der Waals surface area contributed by atoms with E-state index in [-0.39, 0.29) is 11.7 Å². The van der Waals surface area contributed by atoms with Gasteiger partial charge in [-0.25, -0.2) is 8.42 Å². The highest BCUT2D eigenvalue weighted by molar-refractivity contribution is 7.92. The van der Waals surface area contributed by atoms with Gasteiger partial charge < -0.3 is 5.32 Å². The molecule has 2 aromatic carbocycles. The van der Waals surface area contributed by atoms with Crippen molar-refractivity contribution in [2.45, 2.75) is 39.8 Å². The van der Waals surface area contributed by atoms with E-state index in [0.29, 0.717) is 24.3 Å². The summed E-state index contributed by atoms with van der Waals surface area (Å²) in [5, 5.41) is 3.00. The van der Waals surface area contributed by atoms with Gasteiger partial charge in [0.25, 0.3) is 5.91 Å². The van der Waals surface area contributed by atoms with Gasteiger partial charge in [-0.3, -0.25) is 14.0 Å². The Hall–Kier alpha value is -2.38. The molecule has 1 aliphatic heterocycles. The summed E-state index contributed by atoms with van der Waals surface area (Å²) in [6.07, 6.45) is 2.51. The Balaban J connectivity index is 1.64. The monoisotopic (exact) mass is 429 g/mol. The van der Waals surface area contributed by atoms with Gasteiger partial charge in [0.1, 0.15) is 0 Å². The number of likely N-dealkylation sites (tertiary alicyclic amines) is 1. The predicted molar refractivity (Wildman–Crippen MR) is 121 cm³/mol. The largest absolute Gasteiger partial charge is 0.348 e. The molecule has 0 atom stereocenters. The van der Waals surface area contributed by atoms with Crippen LogP contribution in [0.1, 0.15) is 48.2 Å². The molecule has 0 radical (unpaired) electrons. The van der Waals surface area contributed by atoms with Crippen LogP contribution in [-0.4, -0.2) is 44.6 Å². The summed E-state index contributed by atoms with van der Waals surface area (Å²) in [7, 11) is -3.33. The Morgan fingerprint density at radius 2 is 1.63 bits per heavy atom. The summed E-state index contributed by atoms with van der Waals surface area (Å²) in [6, 6.07) is 14.9. The molecule has 6 nitrogen and oxygen atoms in total. The van der Waals surface area contributed by atoms with E-state index in [1.165, 1.54) is 22.7 Å². The fourth-order valence-corrected chi connectivity index (χ4v) is 4.97. The van der Waals surface area contributed by atoms with Crippen molar-refractivity contribution in [3.05, 3.63) is 65.2 Å². The van der Waals surface area contributed by atoms with Crippen LogP contribution in [-0.2, 0) is 23.1 Å². The summed E-state index contributed by atoms with van der Waals surface area (Å²) in [6.45, 7) is 7.44. The molecule has 2 aromatic rings. The van der Waals surface area contributed by atoms with Gasteiger partial charge in [0.2, 0.25) is 10.0 Å². The third kappa shape index (κ3) is 5.40. The highest BCUT2D eigenvalue weighted by Gasteiger charge is 2.19. The standard InChI is InChI=1S/C23H31N3O3S/c1-3-26(30(28,29)4-2)22-13-11-19(12-14-22)23(27)24-17-20-9-5-6-10-21(20)18-25-15-7-8-16-25/h5-6,9-14H,3-4,7-8,15-18H2,1-2H3,(H,24,27). The Bertz CT molecular complexity index is 952. The molecule has 1 N–H and O–H groups in total. The Kier molecular flexibility index (Phi) is 7.50. The molecule has 1 heterocycles. The molecule has 0 unspecified atom stereocenters. The van der Waals surface area contributed by atoms with Crippen LogP contribution in [0.5, 0.6) is 0 Å². The molecule has 7 heteroatoms. The number of sulfonamides is 1. The lowest BCUT2D eigenvalue weighted by molar-refractivity contribution is 0.0951. The second-order valence-corrected chi connectivity index (χ2v) is 9.73. The first-order valence-corrected chi connectivity index (χ1v) is 12.2. The van der Waals surface area contributed by atoms with Gasteiger partial charge >= 0.3 is 0 Å². The molecule has 0 saturated carbocycles. The molecule has 0 spiro atoms. The van der Waals surface area contributed by atoms with Gasteiger partial charge in [-0.2, -0.15) is 0 Å². The molecule has 0 aromatic heterocycles. The summed E-state index contributed by atoms with van der Waals surface area (Å²) in [5.74, 6) is -0.126. The number of hydrogen-bond donors (Lipinski definition) is 1. The zero-order chi connectivity index (χ0) is 21.6. The molecular formula is C23H31N3O3S. The molecule has 3 rings (SSSR count). The number of nitrogens with zero attached hydrogens (tertiary/aromatic N) is 2. The minimum atomic E-state index is -3.33. The highest BCUT2D eigenvalue weighted by Crippen LogP contribution is 2.20. The van der Waals surface area contributed by atoms with Crippen LogP contribution in [0.4, 0.5) is 5.69 Å². The fraction of sp³-hybridized carbons (Fsp3) is 0.435. The van der Waals surface area contributed by atoms with Crippen molar-refractivity contribution < 1.29 is 13.2 Å².